The van der Waals surface area contributed by atoms with Crippen molar-refractivity contribution in [2.24, 2.45) is 11.5 Å². The zero-order chi connectivity index (χ0) is 21.7. The lowest BCUT2D eigenvalue weighted by atomic mass is 9.98. The first kappa shape index (κ1) is 21.1. The van der Waals surface area contributed by atoms with Crippen LogP contribution >= 0.6 is 0 Å². The summed E-state index contributed by atoms with van der Waals surface area (Å²) in [7, 11) is 0. The number of nitrogens with zero attached hydrogens (tertiary/aromatic N) is 4. The maximum atomic E-state index is 12.2. The Kier molecular flexibility index (Phi) is 6.51. The van der Waals surface area contributed by atoms with Gasteiger partial charge in [0.25, 0.3) is 0 Å². The summed E-state index contributed by atoms with van der Waals surface area (Å²) in [6.45, 7) is 3.24. The van der Waals surface area contributed by atoms with E-state index in [4.69, 9.17) is 11.5 Å². The van der Waals surface area contributed by atoms with Crippen LogP contribution in [0.5, 0.6) is 0 Å². The Morgan fingerprint density at radius 3 is 2.40 bits per heavy atom. The van der Waals surface area contributed by atoms with Crippen LogP contribution in [0.4, 0.5) is 11.6 Å². The third kappa shape index (κ3) is 4.19. The molecular weight excluding hydrogens is 378 g/mol. The molecule has 5 N–H and O–H groups in total. The zero-order valence-electron chi connectivity index (χ0n) is 16.9. The minimum atomic E-state index is -0.855. The highest BCUT2D eigenvalue weighted by Crippen LogP contribution is 2.32. The number of nitrogens with two attached hydrogens (primary N) is 2. The van der Waals surface area contributed by atoms with Crippen LogP contribution in [0.3, 0.4) is 0 Å². The van der Waals surface area contributed by atoms with E-state index in [1.54, 1.807) is 12.1 Å². The van der Waals surface area contributed by atoms with Crippen molar-refractivity contribution < 1.29 is 4.79 Å². The van der Waals surface area contributed by atoms with Gasteiger partial charge in [-0.3, -0.25) is 4.79 Å². The molecule has 2 aromatic rings. The van der Waals surface area contributed by atoms with Crippen LogP contribution in [0.2, 0.25) is 0 Å². The Hall–Kier alpha value is -3.62. The predicted octanol–water partition coefficient (Wildman–Crippen LogP) is 1.95. The van der Waals surface area contributed by atoms with Crippen LogP contribution in [0.15, 0.2) is 30.3 Å². The number of benzene rings is 1. The molecule has 1 aromatic heterocycles. The molecular formula is C22H25N7O. The molecule has 1 fully saturated rings. The molecule has 1 aliphatic heterocycles. The van der Waals surface area contributed by atoms with Gasteiger partial charge >= 0.3 is 0 Å². The Labute approximate surface area is 176 Å². The number of rotatable bonds is 6. The lowest BCUT2D eigenvalue weighted by Gasteiger charge is -2.32. The van der Waals surface area contributed by atoms with Crippen molar-refractivity contribution in [2.45, 2.75) is 38.3 Å². The van der Waals surface area contributed by atoms with Crippen LogP contribution in [0.1, 0.15) is 48.1 Å². The van der Waals surface area contributed by atoms with E-state index < -0.39 is 11.9 Å². The van der Waals surface area contributed by atoms with Crippen LogP contribution in [0, 0.1) is 22.7 Å². The van der Waals surface area contributed by atoms with Gasteiger partial charge in [0.05, 0.1) is 11.1 Å². The normalized spacial score (nSPS) is 15.1. The number of carbonyl (C=O) groups excluding carboxylic acids is 1. The number of pyridine rings is 1. The van der Waals surface area contributed by atoms with Crippen LogP contribution in [-0.2, 0) is 11.2 Å². The molecule has 1 aromatic carbocycles. The predicted molar refractivity (Wildman–Crippen MR) is 114 cm³/mol. The molecule has 8 nitrogen and oxygen atoms in total. The highest BCUT2D eigenvalue weighted by Gasteiger charge is 2.27. The molecule has 0 unspecified atom stereocenters. The van der Waals surface area contributed by atoms with Gasteiger partial charge in [0.1, 0.15) is 29.8 Å². The maximum absolute atomic E-state index is 12.2. The average Bonchev–Trinajstić information content (AvgIpc) is 2.77. The molecule has 154 valence electrons. The van der Waals surface area contributed by atoms with E-state index >= 15 is 0 Å². The summed E-state index contributed by atoms with van der Waals surface area (Å²) in [5, 5.41) is 22.7. The highest BCUT2D eigenvalue weighted by atomic mass is 16.1. The quantitative estimate of drug-likeness (QED) is 0.668. The van der Waals surface area contributed by atoms with Crippen LogP contribution in [0.25, 0.3) is 0 Å². The number of aromatic nitrogens is 1. The largest absolute Gasteiger partial charge is 0.368 e. The van der Waals surface area contributed by atoms with Gasteiger partial charge in [-0.05, 0) is 30.4 Å². The summed E-state index contributed by atoms with van der Waals surface area (Å²) in [6, 6.07) is 12.7. The zero-order valence-corrected chi connectivity index (χ0v) is 16.9. The van der Waals surface area contributed by atoms with Crippen LogP contribution < -0.4 is 21.7 Å². The van der Waals surface area contributed by atoms with Crippen molar-refractivity contribution in [3.05, 3.63) is 52.6 Å². The Morgan fingerprint density at radius 1 is 1.23 bits per heavy atom. The lowest BCUT2D eigenvalue weighted by Crippen LogP contribution is -2.40. The second-order valence-electron chi connectivity index (χ2n) is 7.30. The minimum Gasteiger partial charge on any atom is -0.368 e. The van der Waals surface area contributed by atoms with E-state index in [2.05, 4.69) is 22.4 Å². The second kappa shape index (κ2) is 9.25. The first-order chi connectivity index (χ1) is 14.5. The fourth-order valence-electron chi connectivity index (χ4n) is 3.76. The summed E-state index contributed by atoms with van der Waals surface area (Å²) in [6.07, 6.45) is 2.07. The van der Waals surface area contributed by atoms with Gasteiger partial charge in [0.15, 0.2) is 0 Å². The van der Waals surface area contributed by atoms with E-state index in [-0.39, 0.29) is 17.4 Å². The number of anilines is 2. The molecule has 1 amide bonds. The van der Waals surface area contributed by atoms with Gasteiger partial charge in [0, 0.05) is 19.1 Å². The molecule has 3 rings (SSSR count). The summed E-state index contributed by atoms with van der Waals surface area (Å²) in [4.78, 5) is 18.8. The number of hydrogen-bond acceptors (Lipinski definition) is 7. The molecule has 1 aliphatic rings. The first-order valence-corrected chi connectivity index (χ1v) is 9.98. The van der Waals surface area contributed by atoms with Gasteiger partial charge in [-0.25, -0.2) is 4.98 Å². The SMILES string of the molecule is CCc1c(C#N)c(N[C@@H](C(N)=O)c2ccccc2)nc(N2CCC(N)CC2)c1C#N. The number of primary amides is 1. The van der Waals surface area contributed by atoms with Gasteiger partial charge < -0.3 is 21.7 Å². The monoisotopic (exact) mass is 403 g/mol. The van der Waals surface area contributed by atoms with Crippen molar-refractivity contribution in [1.82, 2.24) is 4.98 Å². The van der Waals surface area contributed by atoms with Crippen molar-refractivity contribution >= 4 is 17.5 Å². The van der Waals surface area contributed by atoms with E-state index in [1.165, 1.54) is 0 Å². The standard InChI is InChI=1S/C22H25N7O/c1-2-16-17(12-23)21(27-19(20(26)30)14-6-4-3-5-7-14)28-22(18(16)13-24)29-10-8-15(25)9-11-29/h3-7,15,19H,2,8-11,25H2,1H3,(H2,26,30)(H,27,28)/t19-/m1/s1. The van der Waals surface area contributed by atoms with Crippen molar-refractivity contribution in [2.75, 3.05) is 23.3 Å². The molecule has 0 bridgehead atoms. The summed E-state index contributed by atoms with van der Waals surface area (Å²) in [5.74, 6) is 0.185. The van der Waals surface area contributed by atoms with Gasteiger partial charge in [-0.15, -0.1) is 0 Å². The number of nitrogens with one attached hydrogen (secondary N) is 1. The number of nitriles is 2. The first-order valence-electron chi connectivity index (χ1n) is 9.98. The fourth-order valence-corrected chi connectivity index (χ4v) is 3.76. The number of piperidine rings is 1. The topological polar surface area (TPSA) is 145 Å². The smallest absolute Gasteiger partial charge is 0.244 e. The molecule has 0 radical (unpaired) electrons. The highest BCUT2D eigenvalue weighted by molar-refractivity contribution is 5.85. The Balaban J connectivity index is 2.11. The van der Waals surface area contributed by atoms with E-state index in [0.717, 1.165) is 12.8 Å². The molecule has 1 saturated heterocycles. The summed E-state index contributed by atoms with van der Waals surface area (Å²) >= 11 is 0. The van der Waals surface area contributed by atoms with E-state index in [1.807, 2.05) is 30.0 Å². The Bertz CT molecular complexity index is 999. The molecule has 0 spiro atoms. The second-order valence-corrected chi connectivity index (χ2v) is 7.30. The van der Waals surface area contributed by atoms with Crippen LogP contribution in [-0.4, -0.2) is 30.0 Å². The summed E-state index contributed by atoms with van der Waals surface area (Å²) in [5.41, 5.74) is 13.6. The van der Waals surface area contributed by atoms with Gasteiger partial charge in [-0.2, -0.15) is 10.5 Å². The summed E-state index contributed by atoms with van der Waals surface area (Å²) < 4.78 is 0. The molecule has 0 saturated carbocycles. The van der Waals surface area contributed by atoms with E-state index in [0.29, 0.717) is 42.0 Å². The number of hydrogen-bond donors (Lipinski definition) is 3. The van der Waals surface area contributed by atoms with Crippen molar-refractivity contribution in [1.29, 1.82) is 10.5 Å². The molecule has 0 aliphatic carbocycles. The maximum Gasteiger partial charge on any atom is 0.244 e. The lowest BCUT2D eigenvalue weighted by molar-refractivity contribution is -0.118. The third-order valence-electron chi connectivity index (χ3n) is 5.40. The molecule has 2 heterocycles. The molecule has 1 atom stereocenters. The van der Waals surface area contributed by atoms with Crippen molar-refractivity contribution in [3.63, 3.8) is 0 Å². The van der Waals surface area contributed by atoms with Gasteiger partial charge in [-0.1, -0.05) is 37.3 Å². The van der Waals surface area contributed by atoms with Gasteiger partial charge in [0.2, 0.25) is 5.91 Å². The Morgan fingerprint density at radius 2 is 1.87 bits per heavy atom. The molecule has 8 heteroatoms. The number of carbonyl (C=O) groups is 1. The average molecular weight is 403 g/mol. The van der Waals surface area contributed by atoms with Crippen molar-refractivity contribution in [3.8, 4) is 12.1 Å². The minimum absolute atomic E-state index is 0.130. The number of amides is 1. The fraction of sp³-hybridized carbons (Fsp3) is 0.364. The molecule has 30 heavy (non-hydrogen) atoms. The van der Waals surface area contributed by atoms with E-state index in [9.17, 15) is 15.3 Å². The third-order valence-corrected chi connectivity index (χ3v) is 5.40.